The normalized spacial score (nSPS) is 21.9. The Morgan fingerprint density at radius 2 is 1.96 bits per heavy atom. The molecule has 0 aliphatic carbocycles. The maximum Gasteiger partial charge on any atom is 0.409 e. The number of nitrogens with zero attached hydrogens (tertiary/aromatic N) is 3. The number of piperidine rings is 1. The quantitative estimate of drug-likeness (QED) is 0.893. The fourth-order valence-electron chi connectivity index (χ4n) is 4.39. The molecular formula is C19H25FN4O3. The first-order valence-corrected chi connectivity index (χ1v) is 9.62. The molecule has 0 spiro atoms. The van der Waals surface area contributed by atoms with Crippen LogP contribution in [0.15, 0.2) is 23.0 Å². The molecule has 1 atom stereocenters. The number of benzene rings is 1. The molecule has 8 heteroatoms. The van der Waals surface area contributed by atoms with Crippen LogP contribution >= 0.6 is 0 Å². The molecule has 0 unspecified atom stereocenters. The third-order valence-electron chi connectivity index (χ3n) is 5.75. The van der Waals surface area contributed by atoms with Crippen LogP contribution in [0.2, 0.25) is 0 Å². The van der Waals surface area contributed by atoms with Crippen LogP contribution in [0.5, 0.6) is 0 Å². The summed E-state index contributed by atoms with van der Waals surface area (Å²) in [5, 5.41) is 0. The Bertz CT molecular complexity index is 885. The van der Waals surface area contributed by atoms with E-state index >= 15 is 0 Å². The molecule has 2 aliphatic heterocycles. The van der Waals surface area contributed by atoms with Gasteiger partial charge in [-0.25, -0.2) is 14.0 Å². The van der Waals surface area contributed by atoms with Crippen molar-refractivity contribution < 1.29 is 13.9 Å². The summed E-state index contributed by atoms with van der Waals surface area (Å²) in [7, 11) is 0. The van der Waals surface area contributed by atoms with Crippen molar-refractivity contribution in [3.63, 3.8) is 0 Å². The Morgan fingerprint density at radius 3 is 2.70 bits per heavy atom. The van der Waals surface area contributed by atoms with Crippen molar-refractivity contribution >= 4 is 17.1 Å². The molecule has 7 nitrogen and oxygen atoms in total. The average Bonchev–Trinajstić information content (AvgIpc) is 3.26. The predicted molar refractivity (Wildman–Crippen MR) is 99.4 cm³/mol. The Labute approximate surface area is 156 Å². The van der Waals surface area contributed by atoms with Crippen LogP contribution in [0.4, 0.5) is 9.18 Å². The SMILES string of the molecule is CCOC(=O)N1CC[C@H](N2CCC(n3c(=O)[nH]c4ccc(F)cc43)CC2)C1. The van der Waals surface area contributed by atoms with E-state index in [1.54, 1.807) is 15.5 Å². The number of amides is 1. The fraction of sp³-hybridized carbons (Fsp3) is 0.579. The highest BCUT2D eigenvalue weighted by atomic mass is 19.1. The van der Waals surface area contributed by atoms with Gasteiger partial charge in [-0.1, -0.05) is 0 Å². The maximum atomic E-state index is 13.6. The third-order valence-corrected chi connectivity index (χ3v) is 5.75. The number of nitrogens with one attached hydrogen (secondary N) is 1. The van der Waals surface area contributed by atoms with Gasteiger partial charge < -0.3 is 14.6 Å². The molecule has 0 radical (unpaired) electrons. The van der Waals surface area contributed by atoms with E-state index in [0.717, 1.165) is 38.9 Å². The van der Waals surface area contributed by atoms with Crippen molar-refractivity contribution in [3.05, 3.63) is 34.5 Å². The molecule has 0 saturated carbocycles. The predicted octanol–water partition coefficient (Wildman–Crippen LogP) is 2.34. The molecule has 3 heterocycles. The van der Waals surface area contributed by atoms with Gasteiger partial charge in [0, 0.05) is 38.3 Å². The summed E-state index contributed by atoms with van der Waals surface area (Å²) in [5.41, 5.74) is 1.13. The summed E-state index contributed by atoms with van der Waals surface area (Å²) in [4.78, 5) is 31.3. The second-order valence-electron chi connectivity index (χ2n) is 7.32. The van der Waals surface area contributed by atoms with Gasteiger partial charge in [0.15, 0.2) is 0 Å². The van der Waals surface area contributed by atoms with Crippen LogP contribution in [0.1, 0.15) is 32.2 Å². The summed E-state index contributed by atoms with van der Waals surface area (Å²) in [6, 6.07) is 4.80. The van der Waals surface area contributed by atoms with Crippen molar-refractivity contribution in [2.45, 2.75) is 38.3 Å². The van der Waals surface area contributed by atoms with Gasteiger partial charge >= 0.3 is 11.8 Å². The highest BCUT2D eigenvalue weighted by Gasteiger charge is 2.33. The van der Waals surface area contributed by atoms with Gasteiger partial charge in [-0.3, -0.25) is 9.47 Å². The minimum atomic E-state index is -0.335. The number of aromatic amines is 1. The second kappa shape index (κ2) is 7.34. The van der Waals surface area contributed by atoms with E-state index in [9.17, 15) is 14.0 Å². The molecule has 1 aromatic heterocycles. The van der Waals surface area contributed by atoms with E-state index in [-0.39, 0.29) is 23.6 Å². The zero-order chi connectivity index (χ0) is 19.0. The molecule has 146 valence electrons. The number of hydrogen-bond donors (Lipinski definition) is 1. The summed E-state index contributed by atoms with van der Waals surface area (Å²) < 4.78 is 20.4. The first kappa shape index (κ1) is 18.0. The lowest BCUT2D eigenvalue weighted by atomic mass is 10.0. The zero-order valence-corrected chi connectivity index (χ0v) is 15.5. The average molecular weight is 376 g/mol. The molecule has 27 heavy (non-hydrogen) atoms. The largest absolute Gasteiger partial charge is 0.450 e. The summed E-state index contributed by atoms with van der Waals surface area (Å²) >= 11 is 0. The van der Waals surface area contributed by atoms with E-state index < -0.39 is 0 Å². The number of carbonyl (C=O) groups is 1. The molecule has 0 bridgehead atoms. The molecule has 2 saturated heterocycles. The van der Waals surface area contributed by atoms with E-state index in [0.29, 0.717) is 30.2 Å². The number of fused-ring (bicyclic) bond motifs is 1. The number of ether oxygens (including phenoxy) is 1. The molecule has 4 rings (SSSR count). The molecule has 1 aromatic carbocycles. The molecule has 1 amide bonds. The second-order valence-corrected chi connectivity index (χ2v) is 7.32. The monoisotopic (exact) mass is 376 g/mol. The number of imidazole rings is 1. The minimum absolute atomic E-state index is 0.0619. The van der Waals surface area contributed by atoms with Crippen LogP contribution in [0, 0.1) is 5.82 Å². The lowest BCUT2D eigenvalue weighted by molar-refractivity contribution is 0.105. The van der Waals surface area contributed by atoms with E-state index in [1.165, 1.54) is 12.1 Å². The number of H-pyrrole nitrogens is 1. The minimum Gasteiger partial charge on any atom is -0.450 e. The first-order valence-electron chi connectivity index (χ1n) is 9.62. The summed E-state index contributed by atoms with van der Waals surface area (Å²) in [6.07, 6.45) is 2.38. The highest BCUT2D eigenvalue weighted by molar-refractivity contribution is 5.75. The standard InChI is InChI=1S/C19H25FN4O3/c1-2-27-19(26)23-10-7-15(12-23)22-8-5-14(6-9-22)24-17-11-13(20)3-4-16(17)21-18(24)25/h3-4,11,14-15H,2,5-10,12H2,1H3,(H,21,25)/t15-/m0/s1. The van der Waals surface area contributed by atoms with Crippen LogP contribution in [-0.2, 0) is 4.74 Å². The molecule has 2 fully saturated rings. The molecule has 2 aliphatic rings. The topological polar surface area (TPSA) is 70.6 Å². The Kier molecular flexibility index (Phi) is 4.90. The van der Waals surface area contributed by atoms with Crippen LogP contribution in [0.3, 0.4) is 0 Å². The number of rotatable bonds is 3. The molecule has 2 aromatic rings. The zero-order valence-electron chi connectivity index (χ0n) is 15.5. The van der Waals surface area contributed by atoms with Gasteiger partial charge in [-0.2, -0.15) is 0 Å². The Balaban J connectivity index is 1.42. The highest BCUT2D eigenvalue weighted by Crippen LogP contribution is 2.28. The van der Waals surface area contributed by atoms with Crippen molar-refractivity contribution in [3.8, 4) is 0 Å². The van der Waals surface area contributed by atoms with Crippen molar-refractivity contribution in [2.75, 3.05) is 32.8 Å². The fourth-order valence-corrected chi connectivity index (χ4v) is 4.39. The van der Waals surface area contributed by atoms with Gasteiger partial charge in [0.25, 0.3) is 0 Å². The van der Waals surface area contributed by atoms with Crippen molar-refractivity contribution in [1.82, 2.24) is 19.4 Å². The maximum absolute atomic E-state index is 13.6. The summed E-state index contributed by atoms with van der Waals surface area (Å²) in [6.45, 7) is 5.35. The number of carbonyl (C=O) groups excluding carboxylic acids is 1. The first-order chi connectivity index (χ1) is 13.1. The van der Waals surface area contributed by atoms with Crippen LogP contribution < -0.4 is 5.69 Å². The number of halogens is 1. The van der Waals surface area contributed by atoms with Gasteiger partial charge in [-0.15, -0.1) is 0 Å². The smallest absolute Gasteiger partial charge is 0.409 e. The Hall–Kier alpha value is -2.35. The van der Waals surface area contributed by atoms with E-state index in [4.69, 9.17) is 4.74 Å². The third kappa shape index (κ3) is 3.45. The van der Waals surface area contributed by atoms with Gasteiger partial charge in [-0.05, 0) is 44.4 Å². The summed E-state index contributed by atoms with van der Waals surface area (Å²) in [5.74, 6) is -0.335. The molecule has 1 N–H and O–H groups in total. The van der Waals surface area contributed by atoms with Gasteiger partial charge in [0.2, 0.25) is 0 Å². The van der Waals surface area contributed by atoms with Gasteiger partial charge in [0.1, 0.15) is 5.82 Å². The van der Waals surface area contributed by atoms with Crippen LogP contribution in [-0.4, -0.2) is 64.3 Å². The van der Waals surface area contributed by atoms with E-state index in [2.05, 4.69) is 9.88 Å². The number of aromatic nitrogens is 2. The van der Waals surface area contributed by atoms with Gasteiger partial charge in [0.05, 0.1) is 17.6 Å². The van der Waals surface area contributed by atoms with Crippen molar-refractivity contribution in [1.29, 1.82) is 0 Å². The number of likely N-dealkylation sites (tertiary alicyclic amines) is 2. The Morgan fingerprint density at radius 1 is 1.22 bits per heavy atom. The molecular weight excluding hydrogens is 351 g/mol. The lowest BCUT2D eigenvalue weighted by Crippen LogP contribution is -2.44. The number of hydrogen-bond acceptors (Lipinski definition) is 4. The van der Waals surface area contributed by atoms with Crippen LogP contribution in [0.25, 0.3) is 11.0 Å². The lowest BCUT2D eigenvalue weighted by Gasteiger charge is -2.36. The van der Waals surface area contributed by atoms with E-state index in [1.807, 2.05) is 6.92 Å². The van der Waals surface area contributed by atoms with Crippen molar-refractivity contribution in [2.24, 2.45) is 0 Å².